The smallest absolute Gasteiger partial charge is 0.445 e. The normalized spacial score (nSPS) is 13.3. The van der Waals surface area contributed by atoms with Gasteiger partial charge in [-0.1, -0.05) is 42.5 Å². The van der Waals surface area contributed by atoms with E-state index in [-0.39, 0.29) is 6.61 Å². The Kier molecular flexibility index (Phi) is 5.55. The number of amides is 1. The maximum Gasteiger partial charge on any atom is 0.491 e. The van der Waals surface area contributed by atoms with E-state index in [1.807, 2.05) is 47.8 Å². The first-order valence-electron chi connectivity index (χ1n) is 8.40. The van der Waals surface area contributed by atoms with Crippen LogP contribution in [0.25, 0.3) is 11.1 Å². The van der Waals surface area contributed by atoms with E-state index >= 15 is 0 Å². The lowest BCUT2D eigenvalue weighted by atomic mass is 10.0. The Morgan fingerprint density at radius 1 is 1.11 bits per heavy atom. The summed E-state index contributed by atoms with van der Waals surface area (Å²) in [6, 6.07) is 13.6. The number of rotatable bonds is 5. The first kappa shape index (κ1) is 19.7. The molecular weight excluding hydrogens is 377 g/mol. The maximum absolute atomic E-state index is 12.2. The number of carbonyl (C=O) groups is 2. The molecule has 0 aliphatic heterocycles. The molecule has 9 heteroatoms. The van der Waals surface area contributed by atoms with Gasteiger partial charge in [0.25, 0.3) is 0 Å². The molecule has 0 bridgehead atoms. The van der Waals surface area contributed by atoms with Crippen molar-refractivity contribution in [3.05, 3.63) is 59.2 Å². The van der Waals surface area contributed by atoms with E-state index in [0.29, 0.717) is 6.42 Å². The van der Waals surface area contributed by atoms with Crippen molar-refractivity contribution in [2.45, 2.75) is 25.4 Å². The number of carbonyl (C=O) groups excluding carboxylic acids is 2. The number of nitrogens with one attached hydrogen (secondary N) is 1. The van der Waals surface area contributed by atoms with Gasteiger partial charge in [0.2, 0.25) is 0 Å². The van der Waals surface area contributed by atoms with Gasteiger partial charge in [-0.2, -0.15) is 13.2 Å². The third-order valence-electron chi connectivity index (χ3n) is 4.28. The summed E-state index contributed by atoms with van der Waals surface area (Å²) in [7, 11) is 0. The van der Waals surface area contributed by atoms with Gasteiger partial charge >= 0.3 is 18.2 Å². The minimum atomic E-state index is -5.18. The predicted molar refractivity (Wildman–Crippen MR) is 93.0 cm³/mol. The average Bonchev–Trinajstić information content (AvgIpc) is 3.04. The number of alkyl carbamates (subject to hydrolysis) is 1. The van der Waals surface area contributed by atoms with Crippen molar-refractivity contribution in [2.75, 3.05) is 6.54 Å². The third-order valence-corrected chi connectivity index (χ3v) is 4.28. The van der Waals surface area contributed by atoms with Gasteiger partial charge in [-0.3, -0.25) is 5.32 Å². The first-order valence-corrected chi connectivity index (χ1v) is 8.40. The summed E-state index contributed by atoms with van der Waals surface area (Å²) < 4.78 is 45.9. The Morgan fingerprint density at radius 2 is 1.82 bits per heavy atom. The highest BCUT2D eigenvalue weighted by Crippen LogP contribution is 2.38. The molecule has 1 unspecified atom stereocenters. The van der Waals surface area contributed by atoms with E-state index < -0.39 is 31.0 Å². The minimum Gasteiger partial charge on any atom is -0.445 e. The lowest BCUT2D eigenvalue weighted by Gasteiger charge is -2.18. The van der Waals surface area contributed by atoms with Crippen LogP contribution in [0.1, 0.15) is 16.7 Å². The van der Waals surface area contributed by atoms with E-state index in [2.05, 4.69) is 4.74 Å². The standard InChI is InChI=1S/C19H17F3N2O4/c20-19(21,22)17(25)28-16(9-23)24-18(26)27-10-12-5-3-7-14-13-6-2-1-4-11(13)8-15(12)14/h1-7,16H,8-10,23H2,(H,24,26). The van der Waals surface area contributed by atoms with Crippen LogP contribution in [0.4, 0.5) is 18.0 Å². The van der Waals surface area contributed by atoms with Crippen molar-refractivity contribution >= 4 is 12.1 Å². The zero-order chi connectivity index (χ0) is 20.3. The Labute approximate surface area is 158 Å². The summed E-state index contributed by atoms with van der Waals surface area (Å²) in [5.74, 6) is -2.44. The summed E-state index contributed by atoms with van der Waals surface area (Å²) in [6.07, 6.45) is -7.18. The van der Waals surface area contributed by atoms with Gasteiger partial charge in [0.1, 0.15) is 6.61 Å². The minimum absolute atomic E-state index is 0.0898. The van der Waals surface area contributed by atoms with Crippen LogP contribution >= 0.6 is 0 Å². The number of hydrogen-bond acceptors (Lipinski definition) is 5. The molecule has 1 aliphatic rings. The van der Waals surface area contributed by atoms with Crippen molar-refractivity contribution in [1.82, 2.24) is 5.32 Å². The molecule has 6 nitrogen and oxygen atoms in total. The van der Waals surface area contributed by atoms with Crippen molar-refractivity contribution in [3.8, 4) is 11.1 Å². The molecule has 3 N–H and O–H groups in total. The van der Waals surface area contributed by atoms with Crippen LogP contribution in [-0.4, -0.2) is 31.0 Å². The van der Waals surface area contributed by atoms with Crippen LogP contribution in [0.5, 0.6) is 0 Å². The second-order valence-corrected chi connectivity index (χ2v) is 6.13. The summed E-state index contributed by atoms with van der Waals surface area (Å²) >= 11 is 0. The zero-order valence-electron chi connectivity index (χ0n) is 14.6. The molecule has 1 atom stereocenters. The maximum atomic E-state index is 12.2. The highest BCUT2D eigenvalue weighted by molar-refractivity contribution is 5.78. The number of esters is 1. The Balaban J connectivity index is 1.61. The molecule has 0 aromatic heterocycles. The molecule has 0 fully saturated rings. The summed E-state index contributed by atoms with van der Waals surface area (Å²) in [4.78, 5) is 22.7. The van der Waals surface area contributed by atoms with Gasteiger partial charge < -0.3 is 15.2 Å². The molecule has 0 spiro atoms. The molecule has 1 amide bonds. The molecular formula is C19H17F3N2O4. The molecule has 1 aliphatic carbocycles. The van der Waals surface area contributed by atoms with Crippen LogP contribution in [0, 0.1) is 0 Å². The molecule has 148 valence electrons. The van der Waals surface area contributed by atoms with Crippen LogP contribution in [0.2, 0.25) is 0 Å². The fraction of sp³-hybridized carbons (Fsp3) is 0.263. The van der Waals surface area contributed by atoms with Gasteiger partial charge in [0.05, 0.1) is 0 Å². The molecule has 0 saturated carbocycles. The Morgan fingerprint density at radius 3 is 2.54 bits per heavy atom. The number of halogens is 3. The van der Waals surface area contributed by atoms with E-state index in [9.17, 15) is 22.8 Å². The van der Waals surface area contributed by atoms with Crippen molar-refractivity contribution in [1.29, 1.82) is 0 Å². The topological polar surface area (TPSA) is 90.7 Å². The first-order chi connectivity index (χ1) is 13.3. The second-order valence-electron chi connectivity index (χ2n) is 6.13. The zero-order valence-corrected chi connectivity index (χ0v) is 14.6. The predicted octanol–water partition coefficient (Wildman–Crippen LogP) is 2.87. The molecule has 0 radical (unpaired) electrons. The number of nitrogens with two attached hydrogens (primary N) is 1. The van der Waals surface area contributed by atoms with E-state index in [4.69, 9.17) is 10.5 Å². The summed E-state index contributed by atoms with van der Waals surface area (Å²) in [5, 5.41) is 2.00. The quantitative estimate of drug-likeness (QED) is 0.513. The van der Waals surface area contributed by atoms with Crippen LogP contribution in [-0.2, 0) is 27.3 Å². The lowest BCUT2D eigenvalue weighted by molar-refractivity contribution is -0.205. The molecule has 0 heterocycles. The highest BCUT2D eigenvalue weighted by atomic mass is 19.4. The average molecular weight is 394 g/mol. The lowest BCUT2D eigenvalue weighted by Crippen LogP contribution is -2.45. The number of ether oxygens (including phenoxy) is 2. The Hall–Kier alpha value is -3.07. The van der Waals surface area contributed by atoms with Gasteiger partial charge in [0, 0.05) is 6.54 Å². The van der Waals surface area contributed by atoms with Crippen LogP contribution in [0.15, 0.2) is 42.5 Å². The van der Waals surface area contributed by atoms with E-state index in [0.717, 1.165) is 27.8 Å². The van der Waals surface area contributed by atoms with Crippen LogP contribution < -0.4 is 11.1 Å². The number of benzene rings is 2. The third kappa shape index (κ3) is 4.25. The fourth-order valence-electron chi connectivity index (χ4n) is 3.01. The van der Waals surface area contributed by atoms with Gasteiger partial charge in [-0.15, -0.1) is 0 Å². The number of hydrogen-bond donors (Lipinski definition) is 2. The second kappa shape index (κ2) is 7.89. The Bertz CT molecular complexity index is 899. The molecule has 28 heavy (non-hydrogen) atoms. The van der Waals surface area contributed by atoms with Gasteiger partial charge in [-0.25, -0.2) is 9.59 Å². The van der Waals surface area contributed by atoms with Crippen LogP contribution in [0.3, 0.4) is 0 Å². The van der Waals surface area contributed by atoms with Crippen molar-refractivity contribution < 1.29 is 32.2 Å². The largest absolute Gasteiger partial charge is 0.491 e. The van der Waals surface area contributed by atoms with Crippen molar-refractivity contribution in [2.24, 2.45) is 5.73 Å². The SMILES string of the molecule is NCC(NC(=O)OCc1cccc2c1Cc1ccccc1-2)OC(=O)C(F)(F)F. The molecule has 2 aromatic rings. The van der Waals surface area contributed by atoms with E-state index in [1.54, 1.807) is 0 Å². The summed E-state index contributed by atoms with van der Waals surface area (Å²) in [5.41, 5.74) is 10.4. The molecule has 2 aromatic carbocycles. The fourth-order valence-corrected chi connectivity index (χ4v) is 3.01. The van der Waals surface area contributed by atoms with E-state index in [1.165, 1.54) is 0 Å². The number of fused-ring (bicyclic) bond motifs is 3. The monoisotopic (exact) mass is 394 g/mol. The van der Waals surface area contributed by atoms with Gasteiger partial charge in [0.15, 0.2) is 6.23 Å². The molecule has 3 rings (SSSR count). The van der Waals surface area contributed by atoms with Gasteiger partial charge in [-0.05, 0) is 34.2 Å². The molecule has 0 saturated heterocycles. The van der Waals surface area contributed by atoms with Crippen molar-refractivity contribution in [3.63, 3.8) is 0 Å². The summed E-state index contributed by atoms with van der Waals surface area (Å²) in [6.45, 7) is -0.625. The highest BCUT2D eigenvalue weighted by Gasteiger charge is 2.42. The number of alkyl halides is 3.